The lowest BCUT2D eigenvalue weighted by Gasteiger charge is -2.04. The van der Waals surface area contributed by atoms with E-state index in [4.69, 9.17) is 10.8 Å². The Kier molecular flexibility index (Phi) is 3.44. The molecule has 1 heterocycles. The van der Waals surface area contributed by atoms with Crippen molar-refractivity contribution in [3.63, 3.8) is 0 Å². The summed E-state index contributed by atoms with van der Waals surface area (Å²) in [6, 6.07) is 0. The number of carboxylic acids is 1. The van der Waals surface area contributed by atoms with Crippen LogP contribution in [-0.4, -0.2) is 27.2 Å². The summed E-state index contributed by atoms with van der Waals surface area (Å²) >= 11 is 3.16. The Morgan fingerprint density at radius 2 is 2.46 bits per heavy atom. The minimum Gasteiger partial charge on any atom is -0.477 e. The van der Waals surface area contributed by atoms with Crippen LogP contribution >= 0.6 is 15.9 Å². The molecule has 0 saturated heterocycles. The van der Waals surface area contributed by atoms with E-state index in [2.05, 4.69) is 20.9 Å². The molecule has 0 aromatic carbocycles. The van der Waals surface area contributed by atoms with Gasteiger partial charge in [-0.2, -0.15) is 0 Å². The van der Waals surface area contributed by atoms with Gasteiger partial charge in [0.15, 0.2) is 4.73 Å². The van der Waals surface area contributed by atoms with Gasteiger partial charge in [0.2, 0.25) is 0 Å². The lowest BCUT2D eigenvalue weighted by Crippen LogP contribution is -2.11. The number of rotatable bonds is 4. The first-order valence-corrected chi connectivity index (χ1v) is 4.60. The Bertz CT molecular complexity index is 311. The van der Waals surface area contributed by atoms with Crippen molar-refractivity contribution in [1.82, 2.24) is 9.55 Å². The molecule has 13 heavy (non-hydrogen) atoms. The van der Waals surface area contributed by atoms with Crippen LogP contribution in [0.1, 0.15) is 16.9 Å². The predicted molar refractivity (Wildman–Crippen MR) is 50.6 cm³/mol. The number of halogens is 1. The van der Waals surface area contributed by atoms with Gasteiger partial charge in [-0.25, -0.2) is 9.78 Å². The van der Waals surface area contributed by atoms with Crippen LogP contribution in [0, 0.1) is 0 Å². The average molecular weight is 248 g/mol. The summed E-state index contributed by atoms with van der Waals surface area (Å²) < 4.78 is 2.10. The van der Waals surface area contributed by atoms with E-state index in [0.717, 1.165) is 6.42 Å². The van der Waals surface area contributed by atoms with E-state index in [-0.39, 0.29) is 5.69 Å². The smallest absolute Gasteiger partial charge is 0.354 e. The van der Waals surface area contributed by atoms with Crippen molar-refractivity contribution in [3.8, 4) is 0 Å². The predicted octanol–water partition coefficient (Wildman–Crippen LogP) is 0.693. The monoisotopic (exact) mass is 247 g/mol. The standard InChI is InChI=1S/C7H10BrN3O2/c8-7-10-4-5(6(12)13)11(7)3-1-2-9/h4H,1-3,9H2,(H,12,13). The second-order valence-corrected chi connectivity index (χ2v) is 3.22. The van der Waals surface area contributed by atoms with E-state index in [0.29, 0.717) is 17.8 Å². The minimum atomic E-state index is -0.977. The number of imidazole rings is 1. The molecular weight excluding hydrogens is 238 g/mol. The largest absolute Gasteiger partial charge is 0.477 e. The normalized spacial score (nSPS) is 10.3. The number of hydrogen-bond acceptors (Lipinski definition) is 3. The van der Waals surface area contributed by atoms with Gasteiger partial charge in [0.1, 0.15) is 5.69 Å². The fourth-order valence-corrected chi connectivity index (χ4v) is 1.46. The van der Waals surface area contributed by atoms with Gasteiger partial charge in [-0.05, 0) is 28.9 Å². The minimum absolute atomic E-state index is 0.181. The van der Waals surface area contributed by atoms with Crippen LogP contribution in [0.2, 0.25) is 0 Å². The second-order valence-electron chi connectivity index (χ2n) is 2.51. The van der Waals surface area contributed by atoms with E-state index in [1.54, 1.807) is 4.57 Å². The summed E-state index contributed by atoms with van der Waals surface area (Å²) in [7, 11) is 0. The van der Waals surface area contributed by atoms with Crippen molar-refractivity contribution in [3.05, 3.63) is 16.6 Å². The molecule has 1 rings (SSSR count). The molecule has 72 valence electrons. The van der Waals surface area contributed by atoms with Gasteiger partial charge in [-0.3, -0.25) is 0 Å². The maximum atomic E-state index is 10.7. The number of hydrogen-bond donors (Lipinski definition) is 2. The molecule has 0 saturated carbocycles. The van der Waals surface area contributed by atoms with Crippen LogP contribution in [0.15, 0.2) is 10.9 Å². The fourth-order valence-electron chi connectivity index (χ4n) is 0.986. The first-order chi connectivity index (χ1) is 6.16. The van der Waals surface area contributed by atoms with Gasteiger partial charge < -0.3 is 15.4 Å². The summed E-state index contributed by atoms with van der Waals surface area (Å²) in [6.07, 6.45) is 2.05. The first-order valence-electron chi connectivity index (χ1n) is 3.81. The zero-order chi connectivity index (χ0) is 9.84. The number of nitrogens with two attached hydrogens (primary N) is 1. The second kappa shape index (κ2) is 4.38. The molecular formula is C7H10BrN3O2. The van der Waals surface area contributed by atoms with Crippen molar-refractivity contribution >= 4 is 21.9 Å². The van der Waals surface area contributed by atoms with E-state index < -0.39 is 5.97 Å². The van der Waals surface area contributed by atoms with Crippen molar-refractivity contribution in [2.45, 2.75) is 13.0 Å². The summed E-state index contributed by atoms with van der Waals surface area (Å²) in [4.78, 5) is 14.5. The van der Waals surface area contributed by atoms with E-state index in [1.165, 1.54) is 6.20 Å². The van der Waals surface area contributed by atoms with E-state index in [9.17, 15) is 4.79 Å². The molecule has 0 spiro atoms. The summed E-state index contributed by atoms with van der Waals surface area (Å²) in [6.45, 7) is 1.10. The molecule has 0 aliphatic heterocycles. The molecule has 0 aliphatic carbocycles. The third kappa shape index (κ3) is 2.28. The van der Waals surface area contributed by atoms with Gasteiger partial charge in [-0.15, -0.1) is 0 Å². The molecule has 0 fully saturated rings. The Balaban J connectivity index is 2.88. The van der Waals surface area contributed by atoms with Gasteiger partial charge in [-0.1, -0.05) is 0 Å². The van der Waals surface area contributed by atoms with Gasteiger partial charge in [0, 0.05) is 6.54 Å². The Hall–Kier alpha value is -0.880. The third-order valence-corrected chi connectivity index (χ3v) is 2.24. The molecule has 0 bridgehead atoms. The summed E-state index contributed by atoms with van der Waals surface area (Å²) in [5, 5.41) is 8.77. The highest BCUT2D eigenvalue weighted by molar-refractivity contribution is 9.10. The molecule has 0 aliphatic rings. The molecule has 1 aromatic heterocycles. The topological polar surface area (TPSA) is 81.1 Å². The van der Waals surface area contributed by atoms with Crippen LogP contribution < -0.4 is 5.73 Å². The highest BCUT2D eigenvalue weighted by atomic mass is 79.9. The number of aromatic nitrogens is 2. The zero-order valence-corrected chi connectivity index (χ0v) is 8.49. The summed E-state index contributed by atoms with van der Waals surface area (Å²) in [5.74, 6) is -0.977. The molecule has 0 unspecified atom stereocenters. The number of nitrogens with zero attached hydrogens (tertiary/aromatic N) is 2. The Morgan fingerprint density at radius 1 is 1.77 bits per heavy atom. The number of aromatic carboxylic acids is 1. The lowest BCUT2D eigenvalue weighted by molar-refractivity contribution is 0.0684. The molecule has 1 aromatic rings. The average Bonchev–Trinajstić information content (AvgIpc) is 2.43. The first kappa shape index (κ1) is 10.2. The number of carboxylic acid groups (broad SMARTS) is 1. The van der Waals surface area contributed by atoms with Crippen molar-refractivity contribution in [2.24, 2.45) is 5.73 Å². The molecule has 3 N–H and O–H groups in total. The maximum Gasteiger partial charge on any atom is 0.354 e. The molecule has 0 atom stereocenters. The van der Waals surface area contributed by atoms with E-state index in [1.807, 2.05) is 0 Å². The summed E-state index contributed by atoms with van der Waals surface area (Å²) in [5.41, 5.74) is 5.51. The van der Waals surface area contributed by atoms with Crippen molar-refractivity contribution < 1.29 is 9.90 Å². The van der Waals surface area contributed by atoms with Crippen LogP contribution in [-0.2, 0) is 6.54 Å². The van der Waals surface area contributed by atoms with Crippen LogP contribution in [0.4, 0.5) is 0 Å². The fraction of sp³-hybridized carbons (Fsp3) is 0.429. The van der Waals surface area contributed by atoms with Gasteiger partial charge in [0.25, 0.3) is 0 Å². The van der Waals surface area contributed by atoms with Crippen molar-refractivity contribution in [2.75, 3.05) is 6.54 Å². The molecule has 0 radical (unpaired) electrons. The highest BCUT2D eigenvalue weighted by Crippen LogP contribution is 2.12. The van der Waals surface area contributed by atoms with E-state index >= 15 is 0 Å². The Morgan fingerprint density at radius 3 is 3.00 bits per heavy atom. The third-order valence-electron chi connectivity index (χ3n) is 1.61. The maximum absolute atomic E-state index is 10.7. The SMILES string of the molecule is NCCCn1c(C(=O)O)cnc1Br. The van der Waals surface area contributed by atoms with Crippen LogP contribution in [0.3, 0.4) is 0 Å². The molecule has 5 nitrogen and oxygen atoms in total. The molecule has 6 heteroatoms. The molecule has 0 amide bonds. The highest BCUT2D eigenvalue weighted by Gasteiger charge is 2.12. The van der Waals surface area contributed by atoms with Crippen LogP contribution in [0.5, 0.6) is 0 Å². The zero-order valence-electron chi connectivity index (χ0n) is 6.90. The van der Waals surface area contributed by atoms with Gasteiger partial charge in [0.05, 0.1) is 6.20 Å². The van der Waals surface area contributed by atoms with Crippen LogP contribution in [0.25, 0.3) is 0 Å². The van der Waals surface area contributed by atoms with Crippen molar-refractivity contribution in [1.29, 1.82) is 0 Å². The lowest BCUT2D eigenvalue weighted by atomic mass is 10.4. The number of carbonyl (C=O) groups is 1. The quantitative estimate of drug-likeness (QED) is 0.821. The Labute approximate surface area is 83.7 Å². The van der Waals surface area contributed by atoms with Gasteiger partial charge >= 0.3 is 5.97 Å².